The van der Waals surface area contributed by atoms with E-state index in [0.717, 1.165) is 42.4 Å². The molecular formula is C22H33ClN4O2. The molecule has 7 heteroatoms. The molecule has 6 nitrogen and oxygen atoms in total. The Hall–Kier alpha value is -1.79. The number of piperidine rings is 1. The van der Waals surface area contributed by atoms with Crippen molar-refractivity contribution >= 4 is 29.5 Å². The molecule has 4 rings (SSSR count). The summed E-state index contributed by atoms with van der Waals surface area (Å²) in [6.07, 6.45) is 8.20. The van der Waals surface area contributed by atoms with E-state index in [1.54, 1.807) is 0 Å². The summed E-state index contributed by atoms with van der Waals surface area (Å²) in [5.74, 6) is 1.18. The molecule has 0 radical (unpaired) electrons. The molecule has 1 saturated carbocycles. The van der Waals surface area contributed by atoms with Crippen LogP contribution in [0.5, 0.6) is 0 Å². The first kappa shape index (κ1) is 21.9. The average Bonchev–Trinajstić information content (AvgIpc) is 3.45. The SMILES string of the molecule is CCCCN1CCC(Cc2cccc3c2n(CC2CC2)c(=O)n3C(N)=O)CC1.Cl. The van der Waals surface area contributed by atoms with E-state index in [1.807, 2.05) is 16.7 Å². The molecule has 0 spiro atoms. The zero-order chi connectivity index (χ0) is 19.7. The van der Waals surface area contributed by atoms with Gasteiger partial charge in [0.15, 0.2) is 0 Å². The highest BCUT2D eigenvalue weighted by Gasteiger charge is 2.27. The molecule has 1 amide bonds. The standard InChI is InChI=1S/C22H32N4O2.ClH/c1-2-3-11-24-12-9-16(10-13-24)14-18-5-4-6-19-20(18)25(15-17-7-8-17)22(28)26(19)21(23)27;/h4-6,16-17H,2-3,7-15H2,1H3,(H2,23,27);1H. The van der Waals surface area contributed by atoms with Gasteiger partial charge < -0.3 is 10.6 Å². The molecule has 1 aromatic heterocycles. The number of aromatic nitrogens is 2. The summed E-state index contributed by atoms with van der Waals surface area (Å²) in [5, 5.41) is 0. The van der Waals surface area contributed by atoms with Gasteiger partial charge in [-0.05, 0) is 81.6 Å². The molecular weight excluding hydrogens is 388 g/mol. The second kappa shape index (κ2) is 9.35. The number of rotatable bonds is 7. The maximum atomic E-state index is 12.9. The second-order valence-corrected chi connectivity index (χ2v) is 8.64. The van der Waals surface area contributed by atoms with Gasteiger partial charge in [0.25, 0.3) is 0 Å². The molecule has 0 atom stereocenters. The van der Waals surface area contributed by atoms with E-state index in [0.29, 0.717) is 23.9 Å². The lowest BCUT2D eigenvalue weighted by Gasteiger charge is -2.32. The summed E-state index contributed by atoms with van der Waals surface area (Å²) in [6.45, 7) is 6.48. The number of para-hydroxylation sites is 1. The number of amides is 1. The molecule has 2 N–H and O–H groups in total. The van der Waals surface area contributed by atoms with E-state index < -0.39 is 6.03 Å². The Labute approximate surface area is 178 Å². The van der Waals surface area contributed by atoms with Crippen molar-refractivity contribution in [1.82, 2.24) is 14.0 Å². The van der Waals surface area contributed by atoms with Gasteiger partial charge in [0, 0.05) is 6.54 Å². The smallest absolute Gasteiger partial charge is 0.337 e. The van der Waals surface area contributed by atoms with Crippen LogP contribution in [0.15, 0.2) is 23.0 Å². The minimum absolute atomic E-state index is 0. The lowest BCUT2D eigenvalue weighted by Crippen LogP contribution is -2.35. The first-order valence-electron chi connectivity index (χ1n) is 10.8. The highest BCUT2D eigenvalue weighted by molar-refractivity contribution is 5.90. The van der Waals surface area contributed by atoms with Crippen LogP contribution in [0.25, 0.3) is 11.0 Å². The van der Waals surface area contributed by atoms with E-state index in [2.05, 4.69) is 17.9 Å². The molecule has 1 aliphatic carbocycles. The number of hydrogen-bond donors (Lipinski definition) is 1. The van der Waals surface area contributed by atoms with Crippen molar-refractivity contribution in [3.63, 3.8) is 0 Å². The first-order valence-corrected chi connectivity index (χ1v) is 10.8. The number of likely N-dealkylation sites (tertiary alicyclic amines) is 1. The fourth-order valence-corrected chi connectivity index (χ4v) is 4.60. The third-order valence-corrected chi connectivity index (χ3v) is 6.43. The Balaban J connectivity index is 0.00000240. The van der Waals surface area contributed by atoms with Gasteiger partial charge in [0.2, 0.25) is 0 Å². The Morgan fingerprint density at radius 1 is 1.14 bits per heavy atom. The predicted molar refractivity (Wildman–Crippen MR) is 119 cm³/mol. The van der Waals surface area contributed by atoms with Crippen molar-refractivity contribution in [2.24, 2.45) is 17.6 Å². The van der Waals surface area contributed by atoms with E-state index in [-0.39, 0.29) is 18.1 Å². The lowest BCUT2D eigenvalue weighted by atomic mass is 9.89. The molecule has 1 saturated heterocycles. The van der Waals surface area contributed by atoms with Gasteiger partial charge in [-0.3, -0.25) is 4.57 Å². The van der Waals surface area contributed by atoms with E-state index >= 15 is 0 Å². The Kier molecular flexibility index (Phi) is 7.06. The molecule has 160 valence electrons. The minimum atomic E-state index is -0.689. The summed E-state index contributed by atoms with van der Waals surface area (Å²) < 4.78 is 2.96. The third kappa shape index (κ3) is 4.69. The predicted octanol–water partition coefficient (Wildman–Crippen LogP) is 3.62. The number of hydrogen-bond acceptors (Lipinski definition) is 3. The topological polar surface area (TPSA) is 73.3 Å². The van der Waals surface area contributed by atoms with Crippen LogP contribution in [0.3, 0.4) is 0 Å². The highest BCUT2D eigenvalue weighted by Crippen LogP contribution is 2.32. The van der Waals surface area contributed by atoms with Crippen LogP contribution in [0.1, 0.15) is 51.0 Å². The van der Waals surface area contributed by atoms with Gasteiger partial charge in [-0.1, -0.05) is 25.5 Å². The van der Waals surface area contributed by atoms with Crippen molar-refractivity contribution in [3.8, 4) is 0 Å². The average molecular weight is 421 g/mol. The van der Waals surface area contributed by atoms with Gasteiger partial charge in [-0.2, -0.15) is 0 Å². The quantitative estimate of drug-likeness (QED) is 0.743. The van der Waals surface area contributed by atoms with Gasteiger partial charge in [-0.25, -0.2) is 14.2 Å². The van der Waals surface area contributed by atoms with Gasteiger partial charge in [0.05, 0.1) is 11.0 Å². The number of halogens is 1. The van der Waals surface area contributed by atoms with E-state index in [4.69, 9.17) is 5.73 Å². The molecule has 2 heterocycles. The number of carbonyl (C=O) groups is 1. The fraction of sp³-hybridized carbons (Fsp3) is 0.636. The zero-order valence-electron chi connectivity index (χ0n) is 17.3. The molecule has 29 heavy (non-hydrogen) atoms. The van der Waals surface area contributed by atoms with Gasteiger partial charge >= 0.3 is 11.7 Å². The van der Waals surface area contributed by atoms with Crippen LogP contribution in [0, 0.1) is 11.8 Å². The summed E-state index contributed by atoms with van der Waals surface area (Å²) in [7, 11) is 0. The van der Waals surface area contributed by atoms with Crippen LogP contribution in [-0.2, 0) is 13.0 Å². The van der Waals surface area contributed by atoms with E-state index in [9.17, 15) is 9.59 Å². The first-order chi connectivity index (χ1) is 13.6. The van der Waals surface area contributed by atoms with Crippen molar-refractivity contribution < 1.29 is 4.79 Å². The van der Waals surface area contributed by atoms with Crippen molar-refractivity contribution in [2.75, 3.05) is 19.6 Å². The minimum Gasteiger partial charge on any atom is -0.351 e. The molecule has 0 unspecified atom stereocenters. The number of nitrogens with zero attached hydrogens (tertiary/aromatic N) is 3. The highest BCUT2D eigenvalue weighted by atomic mass is 35.5. The summed E-state index contributed by atoms with van der Waals surface area (Å²) in [5.41, 5.74) is 8.02. The number of nitrogens with two attached hydrogens (primary N) is 1. The molecule has 2 fully saturated rings. The number of primary amides is 1. The maximum absolute atomic E-state index is 12.9. The van der Waals surface area contributed by atoms with Crippen molar-refractivity contribution in [3.05, 3.63) is 34.2 Å². The van der Waals surface area contributed by atoms with Crippen LogP contribution < -0.4 is 11.4 Å². The zero-order valence-corrected chi connectivity index (χ0v) is 18.1. The molecule has 0 bridgehead atoms. The summed E-state index contributed by atoms with van der Waals surface area (Å²) in [4.78, 5) is 27.4. The second-order valence-electron chi connectivity index (χ2n) is 8.64. The Bertz CT molecular complexity index is 907. The monoisotopic (exact) mass is 420 g/mol. The Morgan fingerprint density at radius 2 is 1.86 bits per heavy atom. The number of fused-ring (bicyclic) bond motifs is 1. The Morgan fingerprint density at radius 3 is 2.48 bits per heavy atom. The third-order valence-electron chi connectivity index (χ3n) is 6.43. The van der Waals surface area contributed by atoms with Crippen molar-refractivity contribution in [2.45, 2.75) is 58.4 Å². The molecule has 1 aliphatic heterocycles. The van der Waals surface area contributed by atoms with Gasteiger partial charge in [-0.15, -0.1) is 12.4 Å². The van der Waals surface area contributed by atoms with Crippen LogP contribution in [0.4, 0.5) is 4.79 Å². The maximum Gasteiger partial charge on any atom is 0.337 e. The van der Waals surface area contributed by atoms with E-state index in [1.165, 1.54) is 37.8 Å². The summed E-state index contributed by atoms with van der Waals surface area (Å²) >= 11 is 0. The fourth-order valence-electron chi connectivity index (χ4n) is 4.60. The van der Waals surface area contributed by atoms with Crippen LogP contribution >= 0.6 is 12.4 Å². The molecule has 1 aromatic carbocycles. The number of unbranched alkanes of at least 4 members (excludes halogenated alkanes) is 1. The normalized spacial score (nSPS) is 18.1. The van der Waals surface area contributed by atoms with Crippen LogP contribution in [0.2, 0.25) is 0 Å². The summed E-state index contributed by atoms with van der Waals surface area (Å²) in [6, 6.07) is 5.24. The largest absolute Gasteiger partial charge is 0.351 e. The number of benzene rings is 1. The lowest BCUT2D eigenvalue weighted by molar-refractivity contribution is 0.182. The number of carbonyl (C=O) groups excluding carboxylic acids is 1. The van der Waals surface area contributed by atoms with Crippen LogP contribution in [-0.4, -0.2) is 39.7 Å². The van der Waals surface area contributed by atoms with Gasteiger partial charge in [0.1, 0.15) is 0 Å². The number of imidazole rings is 1. The van der Waals surface area contributed by atoms with Crippen molar-refractivity contribution in [1.29, 1.82) is 0 Å². The molecule has 2 aromatic rings. The molecule has 2 aliphatic rings.